The van der Waals surface area contributed by atoms with Crippen LogP contribution in [0.2, 0.25) is 4.34 Å². The van der Waals surface area contributed by atoms with Crippen LogP contribution in [0.3, 0.4) is 0 Å². The van der Waals surface area contributed by atoms with E-state index in [2.05, 4.69) is 11.4 Å². The fourth-order valence-corrected chi connectivity index (χ4v) is 4.72. The molecule has 4 heteroatoms. The molecule has 1 saturated carbocycles. The monoisotopic (exact) mass is 313 g/mol. The SMILES string of the molecule is Clc1ccc(CCNC2CCOC3(CCCCC3)C2)s1. The van der Waals surface area contributed by atoms with E-state index in [-0.39, 0.29) is 5.60 Å². The minimum atomic E-state index is 0.209. The van der Waals surface area contributed by atoms with Crippen molar-refractivity contribution in [2.45, 2.75) is 63.0 Å². The van der Waals surface area contributed by atoms with Crippen LogP contribution in [-0.2, 0) is 11.2 Å². The van der Waals surface area contributed by atoms with Gasteiger partial charge in [-0.1, -0.05) is 30.9 Å². The van der Waals surface area contributed by atoms with Gasteiger partial charge in [-0.3, -0.25) is 0 Å². The molecule has 20 heavy (non-hydrogen) atoms. The van der Waals surface area contributed by atoms with Gasteiger partial charge in [0, 0.05) is 24.1 Å². The van der Waals surface area contributed by atoms with Gasteiger partial charge in [0.15, 0.2) is 0 Å². The quantitative estimate of drug-likeness (QED) is 0.888. The highest BCUT2D eigenvalue weighted by atomic mass is 35.5. The predicted molar refractivity (Wildman–Crippen MR) is 85.8 cm³/mol. The van der Waals surface area contributed by atoms with Gasteiger partial charge in [0.1, 0.15) is 0 Å². The summed E-state index contributed by atoms with van der Waals surface area (Å²) in [6.07, 6.45) is 10.1. The molecule has 1 aromatic heterocycles. The van der Waals surface area contributed by atoms with Crippen LogP contribution in [0.5, 0.6) is 0 Å². The number of halogens is 1. The van der Waals surface area contributed by atoms with Gasteiger partial charge in [0.2, 0.25) is 0 Å². The van der Waals surface area contributed by atoms with E-state index in [1.54, 1.807) is 11.3 Å². The Hall–Kier alpha value is -0.0900. The molecule has 2 nitrogen and oxygen atoms in total. The molecule has 0 bridgehead atoms. The molecule has 2 fully saturated rings. The van der Waals surface area contributed by atoms with Crippen LogP contribution in [0, 0.1) is 0 Å². The Morgan fingerprint density at radius 1 is 1.30 bits per heavy atom. The van der Waals surface area contributed by atoms with Crippen LogP contribution < -0.4 is 5.32 Å². The third-order valence-electron chi connectivity index (χ3n) is 4.69. The van der Waals surface area contributed by atoms with Crippen molar-refractivity contribution >= 4 is 22.9 Å². The van der Waals surface area contributed by atoms with E-state index in [0.717, 1.165) is 30.3 Å². The highest BCUT2D eigenvalue weighted by Crippen LogP contribution is 2.38. The van der Waals surface area contributed by atoms with E-state index in [1.165, 1.54) is 43.4 Å². The van der Waals surface area contributed by atoms with Crippen molar-refractivity contribution in [3.8, 4) is 0 Å². The number of thiophene rings is 1. The summed E-state index contributed by atoms with van der Waals surface area (Å²) in [5, 5.41) is 3.73. The van der Waals surface area contributed by atoms with E-state index < -0.39 is 0 Å². The van der Waals surface area contributed by atoms with Gasteiger partial charge in [0.05, 0.1) is 9.94 Å². The van der Waals surface area contributed by atoms with Crippen molar-refractivity contribution in [3.63, 3.8) is 0 Å². The molecule has 1 aliphatic carbocycles. The van der Waals surface area contributed by atoms with Crippen molar-refractivity contribution < 1.29 is 4.74 Å². The summed E-state index contributed by atoms with van der Waals surface area (Å²) in [5.74, 6) is 0. The summed E-state index contributed by atoms with van der Waals surface area (Å²) in [4.78, 5) is 1.38. The normalized spacial score (nSPS) is 25.9. The summed E-state index contributed by atoms with van der Waals surface area (Å²) < 4.78 is 7.04. The smallest absolute Gasteiger partial charge is 0.0931 e. The maximum absolute atomic E-state index is 6.15. The lowest BCUT2D eigenvalue weighted by Gasteiger charge is -2.43. The molecule has 0 amide bonds. The summed E-state index contributed by atoms with van der Waals surface area (Å²) >= 11 is 7.66. The first-order valence-corrected chi connectivity index (χ1v) is 9.07. The highest BCUT2D eigenvalue weighted by Gasteiger charge is 2.38. The van der Waals surface area contributed by atoms with E-state index in [1.807, 2.05) is 6.07 Å². The van der Waals surface area contributed by atoms with Gasteiger partial charge in [-0.25, -0.2) is 0 Å². The molecule has 0 radical (unpaired) electrons. The van der Waals surface area contributed by atoms with Gasteiger partial charge in [-0.15, -0.1) is 11.3 Å². The molecule has 1 N–H and O–H groups in total. The number of rotatable bonds is 4. The van der Waals surface area contributed by atoms with Crippen LogP contribution in [0.4, 0.5) is 0 Å². The first kappa shape index (κ1) is 14.8. The first-order chi connectivity index (χ1) is 9.76. The maximum Gasteiger partial charge on any atom is 0.0931 e. The Labute approximate surface area is 130 Å². The third-order valence-corrected chi connectivity index (χ3v) is 5.98. The number of nitrogens with one attached hydrogen (secondary N) is 1. The van der Waals surface area contributed by atoms with Crippen molar-refractivity contribution in [3.05, 3.63) is 21.3 Å². The third kappa shape index (κ3) is 3.76. The Bertz CT molecular complexity index is 422. The zero-order valence-corrected chi connectivity index (χ0v) is 13.6. The van der Waals surface area contributed by atoms with Gasteiger partial charge in [-0.2, -0.15) is 0 Å². The number of ether oxygens (including phenoxy) is 1. The summed E-state index contributed by atoms with van der Waals surface area (Å²) in [6.45, 7) is 1.99. The van der Waals surface area contributed by atoms with Crippen LogP contribution in [0.1, 0.15) is 49.8 Å². The van der Waals surface area contributed by atoms with E-state index >= 15 is 0 Å². The molecular formula is C16H24ClNOS. The van der Waals surface area contributed by atoms with Gasteiger partial charge >= 0.3 is 0 Å². The van der Waals surface area contributed by atoms with E-state index in [9.17, 15) is 0 Å². The molecule has 1 spiro atoms. The molecule has 2 heterocycles. The van der Waals surface area contributed by atoms with Crippen molar-refractivity contribution in [1.29, 1.82) is 0 Å². The highest BCUT2D eigenvalue weighted by molar-refractivity contribution is 7.16. The molecular weight excluding hydrogens is 290 g/mol. The van der Waals surface area contributed by atoms with Crippen LogP contribution >= 0.6 is 22.9 Å². The standard InChI is InChI=1S/C16H24ClNOS/c17-15-5-4-14(20-15)6-10-18-13-7-11-19-16(12-13)8-2-1-3-9-16/h4-5,13,18H,1-3,6-12H2. The molecule has 2 aliphatic rings. The minimum absolute atomic E-state index is 0.209. The molecule has 3 rings (SSSR count). The number of hydrogen-bond acceptors (Lipinski definition) is 3. The Balaban J connectivity index is 1.45. The average molecular weight is 314 g/mol. The first-order valence-electron chi connectivity index (χ1n) is 7.87. The molecule has 1 saturated heterocycles. The molecule has 1 unspecified atom stereocenters. The minimum Gasteiger partial charge on any atom is -0.375 e. The Morgan fingerprint density at radius 3 is 2.90 bits per heavy atom. The zero-order chi connectivity index (χ0) is 13.8. The maximum atomic E-state index is 6.15. The van der Waals surface area contributed by atoms with Crippen molar-refractivity contribution in [2.24, 2.45) is 0 Å². The van der Waals surface area contributed by atoms with E-state index in [4.69, 9.17) is 16.3 Å². The second kappa shape index (κ2) is 6.78. The largest absolute Gasteiger partial charge is 0.375 e. The van der Waals surface area contributed by atoms with Gasteiger partial charge in [0.25, 0.3) is 0 Å². The number of hydrogen-bond donors (Lipinski definition) is 1. The zero-order valence-electron chi connectivity index (χ0n) is 12.0. The van der Waals surface area contributed by atoms with E-state index in [0.29, 0.717) is 6.04 Å². The Morgan fingerprint density at radius 2 is 2.15 bits per heavy atom. The lowest BCUT2D eigenvalue weighted by molar-refractivity contribution is -0.109. The molecule has 0 aromatic carbocycles. The van der Waals surface area contributed by atoms with Crippen LogP contribution in [0.25, 0.3) is 0 Å². The summed E-state index contributed by atoms with van der Waals surface area (Å²) in [7, 11) is 0. The van der Waals surface area contributed by atoms with Crippen molar-refractivity contribution in [1.82, 2.24) is 5.32 Å². The Kier molecular flexibility index (Phi) is 5.03. The van der Waals surface area contributed by atoms with Crippen LogP contribution in [0.15, 0.2) is 12.1 Å². The molecule has 1 aromatic rings. The van der Waals surface area contributed by atoms with Crippen LogP contribution in [-0.4, -0.2) is 24.8 Å². The van der Waals surface area contributed by atoms with Gasteiger partial charge in [-0.05, 0) is 44.2 Å². The second-order valence-corrected chi connectivity index (χ2v) is 7.99. The fraction of sp³-hybridized carbons (Fsp3) is 0.750. The molecule has 1 atom stereocenters. The lowest BCUT2D eigenvalue weighted by atomic mass is 9.78. The topological polar surface area (TPSA) is 21.3 Å². The second-order valence-electron chi connectivity index (χ2n) is 6.19. The van der Waals surface area contributed by atoms with Gasteiger partial charge < -0.3 is 10.1 Å². The molecule has 1 aliphatic heterocycles. The summed E-state index contributed by atoms with van der Waals surface area (Å²) in [5.41, 5.74) is 0.209. The fourth-order valence-electron chi connectivity index (χ4n) is 3.63. The van der Waals surface area contributed by atoms with Crippen molar-refractivity contribution in [2.75, 3.05) is 13.2 Å². The predicted octanol–water partition coefficient (Wildman–Crippen LogP) is 4.42. The lowest BCUT2D eigenvalue weighted by Crippen LogP contribution is -2.48. The summed E-state index contributed by atoms with van der Waals surface area (Å²) in [6, 6.07) is 4.77. The average Bonchev–Trinajstić information content (AvgIpc) is 2.86. The molecule has 112 valence electrons.